The molecule has 2 aromatic heterocycles. The molecule has 1 aliphatic heterocycles. The Labute approximate surface area is 186 Å². The fourth-order valence-corrected chi connectivity index (χ4v) is 5.48. The number of rotatable bonds is 5. The van der Waals surface area contributed by atoms with Crippen LogP contribution in [0.1, 0.15) is 29.9 Å². The highest BCUT2D eigenvalue weighted by molar-refractivity contribution is 7.89. The second-order valence-electron chi connectivity index (χ2n) is 8.00. The molecule has 0 aliphatic carbocycles. The van der Waals surface area contributed by atoms with Gasteiger partial charge in [0.25, 0.3) is 0 Å². The average Bonchev–Trinajstić information content (AvgIpc) is 3.20. The number of pyridine rings is 1. The predicted octanol–water partition coefficient (Wildman–Crippen LogP) is 3.10. The molecule has 1 N–H and O–H groups in total. The first-order valence-electron chi connectivity index (χ1n) is 10.4. The summed E-state index contributed by atoms with van der Waals surface area (Å²) >= 11 is 0. The molecule has 10 heteroatoms. The highest BCUT2D eigenvalue weighted by atomic mass is 32.2. The van der Waals surface area contributed by atoms with E-state index in [2.05, 4.69) is 20.4 Å². The first kappa shape index (κ1) is 22.1. The average molecular weight is 456 g/mol. The molecule has 32 heavy (non-hydrogen) atoms. The lowest BCUT2D eigenvalue weighted by molar-refractivity contribution is -0.120. The van der Waals surface area contributed by atoms with Gasteiger partial charge in [0.2, 0.25) is 27.6 Å². The van der Waals surface area contributed by atoms with Gasteiger partial charge in [-0.15, -0.1) is 0 Å². The molecule has 0 bridgehead atoms. The number of aryl methyl sites for hydroxylation is 3. The Hall–Kier alpha value is -3.11. The molecule has 3 aromatic rings. The maximum atomic E-state index is 13.4. The first-order chi connectivity index (χ1) is 15.2. The van der Waals surface area contributed by atoms with Crippen molar-refractivity contribution >= 4 is 21.7 Å². The van der Waals surface area contributed by atoms with Crippen LogP contribution in [0.5, 0.6) is 0 Å². The molecule has 3 heterocycles. The van der Waals surface area contributed by atoms with Gasteiger partial charge >= 0.3 is 0 Å². The van der Waals surface area contributed by atoms with Crippen molar-refractivity contribution in [3.05, 3.63) is 53.5 Å². The summed E-state index contributed by atoms with van der Waals surface area (Å²) in [6.45, 7) is 5.90. The van der Waals surface area contributed by atoms with Crippen LogP contribution < -0.4 is 5.32 Å². The maximum absolute atomic E-state index is 13.4. The van der Waals surface area contributed by atoms with E-state index in [1.807, 2.05) is 13.0 Å². The van der Waals surface area contributed by atoms with Crippen molar-refractivity contribution in [3.63, 3.8) is 0 Å². The third kappa shape index (κ3) is 4.56. The van der Waals surface area contributed by atoms with Crippen LogP contribution in [0.25, 0.3) is 11.4 Å². The van der Waals surface area contributed by atoms with Crippen molar-refractivity contribution in [3.8, 4) is 11.4 Å². The quantitative estimate of drug-likeness (QED) is 0.628. The van der Waals surface area contributed by atoms with Crippen molar-refractivity contribution in [1.29, 1.82) is 0 Å². The van der Waals surface area contributed by atoms with Gasteiger partial charge in [0.15, 0.2) is 0 Å². The van der Waals surface area contributed by atoms with Gasteiger partial charge in [-0.2, -0.15) is 9.29 Å². The SMILES string of the molecule is Cc1ccnc(NC(=O)C2CCN(S(=O)(=O)c3cc(-c4noc(C)n4)ccc3C)CC2)c1. The summed E-state index contributed by atoms with van der Waals surface area (Å²) in [6.07, 6.45) is 2.53. The molecule has 0 saturated carbocycles. The van der Waals surface area contributed by atoms with E-state index in [1.165, 1.54) is 4.31 Å². The predicted molar refractivity (Wildman–Crippen MR) is 118 cm³/mol. The van der Waals surface area contributed by atoms with Crippen molar-refractivity contribution in [2.75, 3.05) is 18.4 Å². The van der Waals surface area contributed by atoms with Crippen LogP contribution >= 0.6 is 0 Å². The minimum atomic E-state index is -3.73. The molecule has 0 radical (unpaired) electrons. The number of carbonyl (C=O) groups is 1. The summed E-state index contributed by atoms with van der Waals surface area (Å²) in [6, 6.07) is 8.75. The standard InChI is InChI=1S/C22H25N5O4S/c1-14-6-9-23-20(12-14)25-22(28)17-7-10-27(11-8-17)32(29,30)19-13-18(5-4-15(19)2)21-24-16(3)31-26-21/h4-6,9,12-13,17H,7-8,10-11H2,1-3H3,(H,23,25,28). The van der Waals surface area contributed by atoms with Gasteiger partial charge in [-0.1, -0.05) is 17.3 Å². The summed E-state index contributed by atoms with van der Waals surface area (Å²) in [5.41, 5.74) is 2.22. The Bertz CT molecular complexity index is 1250. The molecule has 168 valence electrons. The Morgan fingerprint density at radius 2 is 1.88 bits per heavy atom. The van der Waals surface area contributed by atoms with Crippen LogP contribution in [-0.2, 0) is 14.8 Å². The van der Waals surface area contributed by atoms with Crippen LogP contribution in [0.15, 0.2) is 45.9 Å². The van der Waals surface area contributed by atoms with E-state index < -0.39 is 10.0 Å². The number of amides is 1. The minimum absolute atomic E-state index is 0.134. The van der Waals surface area contributed by atoms with Gasteiger partial charge < -0.3 is 9.84 Å². The van der Waals surface area contributed by atoms with Crippen LogP contribution in [0.3, 0.4) is 0 Å². The highest BCUT2D eigenvalue weighted by Gasteiger charge is 2.33. The molecule has 4 rings (SSSR count). The number of anilines is 1. The van der Waals surface area contributed by atoms with E-state index >= 15 is 0 Å². The fraction of sp³-hybridized carbons (Fsp3) is 0.364. The van der Waals surface area contributed by atoms with E-state index in [1.54, 1.807) is 44.3 Å². The zero-order chi connectivity index (χ0) is 22.9. The summed E-state index contributed by atoms with van der Waals surface area (Å²) in [5.74, 6) is 0.865. The van der Waals surface area contributed by atoms with E-state index in [0.717, 1.165) is 5.56 Å². The Morgan fingerprint density at radius 3 is 2.53 bits per heavy atom. The third-order valence-electron chi connectivity index (χ3n) is 5.58. The monoisotopic (exact) mass is 455 g/mol. The number of hydrogen-bond donors (Lipinski definition) is 1. The van der Waals surface area contributed by atoms with Gasteiger partial charge in [-0.3, -0.25) is 4.79 Å². The molecule has 1 aliphatic rings. The highest BCUT2D eigenvalue weighted by Crippen LogP contribution is 2.29. The van der Waals surface area contributed by atoms with Gasteiger partial charge in [0.05, 0.1) is 4.90 Å². The number of nitrogens with zero attached hydrogens (tertiary/aromatic N) is 4. The lowest BCUT2D eigenvalue weighted by Crippen LogP contribution is -2.41. The minimum Gasteiger partial charge on any atom is -0.339 e. The fourth-order valence-electron chi connectivity index (χ4n) is 3.76. The Balaban J connectivity index is 1.46. The zero-order valence-electron chi connectivity index (χ0n) is 18.2. The molecule has 1 saturated heterocycles. The maximum Gasteiger partial charge on any atom is 0.243 e. The molecular weight excluding hydrogens is 430 g/mol. The van der Waals surface area contributed by atoms with Gasteiger partial charge in [-0.25, -0.2) is 13.4 Å². The van der Waals surface area contributed by atoms with Crippen LogP contribution in [-0.4, -0.2) is 46.8 Å². The number of carbonyl (C=O) groups excluding carboxylic acids is 1. The normalized spacial score (nSPS) is 15.6. The summed E-state index contributed by atoms with van der Waals surface area (Å²) in [4.78, 5) is 21.2. The summed E-state index contributed by atoms with van der Waals surface area (Å²) < 4.78 is 33.2. The second-order valence-corrected chi connectivity index (χ2v) is 9.91. The van der Waals surface area contributed by atoms with Crippen molar-refractivity contribution in [2.24, 2.45) is 5.92 Å². The molecule has 1 aromatic carbocycles. The number of aromatic nitrogens is 3. The van der Waals surface area contributed by atoms with E-state index in [-0.39, 0.29) is 29.8 Å². The van der Waals surface area contributed by atoms with E-state index in [0.29, 0.717) is 41.5 Å². The molecule has 1 fully saturated rings. The van der Waals surface area contributed by atoms with Gasteiger partial charge in [0, 0.05) is 37.7 Å². The largest absolute Gasteiger partial charge is 0.339 e. The Kier molecular flexibility index (Phi) is 6.07. The lowest BCUT2D eigenvalue weighted by Gasteiger charge is -2.31. The van der Waals surface area contributed by atoms with Crippen molar-refractivity contribution in [2.45, 2.75) is 38.5 Å². The third-order valence-corrected chi connectivity index (χ3v) is 7.62. The van der Waals surface area contributed by atoms with E-state index in [4.69, 9.17) is 4.52 Å². The summed E-state index contributed by atoms with van der Waals surface area (Å²) in [5, 5.41) is 6.71. The number of benzene rings is 1. The number of sulfonamides is 1. The van der Waals surface area contributed by atoms with Crippen molar-refractivity contribution in [1.82, 2.24) is 19.4 Å². The number of hydrogen-bond acceptors (Lipinski definition) is 7. The molecule has 0 atom stereocenters. The summed E-state index contributed by atoms with van der Waals surface area (Å²) in [7, 11) is -3.73. The molecule has 0 spiro atoms. The molecule has 9 nitrogen and oxygen atoms in total. The number of nitrogens with one attached hydrogen (secondary N) is 1. The molecular formula is C22H25N5O4S. The van der Waals surface area contributed by atoms with Gasteiger partial charge in [0.1, 0.15) is 5.82 Å². The molecule has 1 amide bonds. The zero-order valence-corrected chi connectivity index (χ0v) is 19.0. The van der Waals surface area contributed by atoms with Gasteiger partial charge in [-0.05, 0) is 56.0 Å². The van der Waals surface area contributed by atoms with E-state index in [9.17, 15) is 13.2 Å². The first-order valence-corrected chi connectivity index (χ1v) is 11.8. The van der Waals surface area contributed by atoms with Crippen LogP contribution in [0, 0.1) is 26.7 Å². The Morgan fingerprint density at radius 1 is 1.12 bits per heavy atom. The lowest BCUT2D eigenvalue weighted by atomic mass is 9.97. The number of piperidine rings is 1. The van der Waals surface area contributed by atoms with Crippen molar-refractivity contribution < 1.29 is 17.7 Å². The van der Waals surface area contributed by atoms with Crippen LogP contribution in [0.4, 0.5) is 5.82 Å². The second kappa shape index (κ2) is 8.79. The topological polar surface area (TPSA) is 118 Å². The van der Waals surface area contributed by atoms with Crippen LogP contribution in [0.2, 0.25) is 0 Å². The molecule has 0 unspecified atom stereocenters. The smallest absolute Gasteiger partial charge is 0.243 e.